The Labute approximate surface area is 155 Å². The van der Waals surface area contributed by atoms with Crippen LogP contribution in [0.5, 0.6) is 11.5 Å². The summed E-state index contributed by atoms with van der Waals surface area (Å²) in [6.07, 6.45) is 4.29. The number of nitrogens with one attached hydrogen (secondary N) is 1. The van der Waals surface area contributed by atoms with Gasteiger partial charge in [-0.15, -0.1) is 10.2 Å². The SMILES string of the molecule is O=C(Nc1nnc(C2CC2)s1)N1CCCC1c1ccc2c(c1)OCCO2. The van der Waals surface area contributed by atoms with Crippen molar-refractivity contribution in [2.75, 3.05) is 25.1 Å². The number of anilines is 1. The van der Waals surface area contributed by atoms with Crippen LogP contribution in [0.3, 0.4) is 0 Å². The van der Waals surface area contributed by atoms with Crippen molar-refractivity contribution in [2.24, 2.45) is 0 Å². The molecular formula is C18H20N4O3S. The summed E-state index contributed by atoms with van der Waals surface area (Å²) in [6, 6.07) is 5.90. The second-order valence-electron chi connectivity index (χ2n) is 6.90. The number of aromatic nitrogens is 2. The van der Waals surface area contributed by atoms with Crippen LogP contribution in [-0.4, -0.2) is 40.9 Å². The quantitative estimate of drug-likeness (QED) is 0.891. The number of benzene rings is 1. The van der Waals surface area contributed by atoms with Crippen LogP contribution in [0.2, 0.25) is 0 Å². The van der Waals surface area contributed by atoms with E-state index in [0.29, 0.717) is 24.3 Å². The smallest absolute Gasteiger partial charge is 0.324 e. The molecule has 1 saturated carbocycles. The van der Waals surface area contributed by atoms with Crippen molar-refractivity contribution in [3.8, 4) is 11.5 Å². The van der Waals surface area contributed by atoms with Crippen LogP contribution in [0.4, 0.5) is 9.93 Å². The summed E-state index contributed by atoms with van der Waals surface area (Å²) in [4.78, 5) is 14.7. The molecular weight excluding hydrogens is 352 g/mol. The van der Waals surface area contributed by atoms with Gasteiger partial charge in [0.15, 0.2) is 11.5 Å². The third kappa shape index (κ3) is 2.98. The number of carbonyl (C=O) groups is 1. The van der Waals surface area contributed by atoms with E-state index in [0.717, 1.165) is 41.5 Å². The number of urea groups is 1. The van der Waals surface area contributed by atoms with Crippen LogP contribution < -0.4 is 14.8 Å². The number of likely N-dealkylation sites (tertiary alicyclic amines) is 1. The highest BCUT2D eigenvalue weighted by Crippen LogP contribution is 2.42. The molecule has 8 heteroatoms. The number of nitrogens with zero attached hydrogens (tertiary/aromatic N) is 3. The van der Waals surface area contributed by atoms with Crippen LogP contribution in [0.15, 0.2) is 18.2 Å². The summed E-state index contributed by atoms with van der Waals surface area (Å²) in [5.74, 6) is 2.09. The van der Waals surface area contributed by atoms with E-state index in [1.165, 1.54) is 24.2 Å². The van der Waals surface area contributed by atoms with Gasteiger partial charge in [0.05, 0.1) is 6.04 Å². The molecule has 1 aromatic heterocycles. The molecule has 1 N–H and O–H groups in total. The molecule has 26 heavy (non-hydrogen) atoms. The molecule has 2 fully saturated rings. The number of carbonyl (C=O) groups excluding carboxylic acids is 1. The first-order valence-corrected chi connectivity index (χ1v) is 9.90. The highest BCUT2D eigenvalue weighted by molar-refractivity contribution is 7.15. The molecule has 1 aliphatic carbocycles. The van der Waals surface area contributed by atoms with Crippen molar-refractivity contribution in [1.29, 1.82) is 0 Å². The molecule has 1 saturated heterocycles. The fraction of sp³-hybridized carbons (Fsp3) is 0.500. The average Bonchev–Trinajstić information content (AvgIpc) is 3.21. The molecule has 0 bridgehead atoms. The Morgan fingerprint density at radius 3 is 2.85 bits per heavy atom. The fourth-order valence-corrected chi connectivity index (χ4v) is 4.47. The van der Waals surface area contributed by atoms with Gasteiger partial charge in [-0.2, -0.15) is 0 Å². The number of hydrogen-bond donors (Lipinski definition) is 1. The maximum absolute atomic E-state index is 12.8. The minimum atomic E-state index is -0.110. The molecule has 0 radical (unpaired) electrons. The Morgan fingerprint density at radius 2 is 2.00 bits per heavy atom. The van der Waals surface area contributed by atoms with Gasteiger partial charge in [0.1, 0.15) is 18.2 Å². The molecule has 1 atom stereocenters. The van der Waals surface area contributed by atoms with Crippen LogP contribution in [-0.2, 0) is 0 Å². The first kappa shape index (κ1) is 15.9. The molecule has 3 aliphatic rings. The van der Waals surface area contributed by atoms with E-state index in [4.69, 9.17) is 9.47 Å². The van der Waals surface area contributed by atoms with Gasteiger partial charge in [-0.3, -0.25) is 5.32 Å². The summed E-state index contributed by atoms with van der Waals surface area (Å²) < 4.78 is 11.3. The molecule has 136 valence electrons. The molecule has 2 aromatic rings. The highest BCUT2D eigenvalue weighted by atomic mass is 32.1. The van der Waals surface area contributed by atoms with Crippen molar-refractivity contribution in [3.05, 3.63) is 28.8 Å². The Morgan fingerprint density at radius 1 is 1.15 bits per heavy atom. The van der Waals surface area contributed by atoms with Crippen molar-refractivity contribution in [1.82, 2.24) is 15.1 Å². The number of hydrogen-bond acceptors (Lipinski definition) is 6. The molecule has 2 aliphatic heterocycles. The van der Waals surface area contributed by atoms with Gasteiger partial charge in [-0.05, 0) is 43.4 Å². The van der Waals surface area contributed by atoms with E-state index in [1.54, 1.807) is 0 Å². The van der Waals surface area contributed by atoms with Gasteiger partial charge in [0, 0.05) is 12.5 Å². The largest absolute Gasteiger partial charge is 0.486 e. The third-order valence-corrected chi connectivity index (χ3v) is 6.05. The Hall–Kier alpha value is -2.35. The van der Waals surface area contributed by atoms with Gasteiger partial charge in [-0.25, -0.2) is 4.79 Å². The van der Waals surface area contributed by atoms with Gasteiger partial charge >= 0.3 is 6.03 Å². The normalized spacial score (nSPS) is 21.7. The minimum Gasteiger partial charge on any atom is -0.486 e. The molecule has 5 rings (SSSR count). The van der Waals surface area contributed by atoms with E-state index >= 15 is 0 Å². The van der Waals surface area contributed by atoms with Gasteiger partial charge in [0.25, 0.3) is 0 Å². The number of fused-ring (bicyclic) bond motifs is 1. The summed E-state index contributed by atoms with van der Waals surface area (Å²) >= 11 is 1.49. The third-order valence-electron chi connectivity index (χ3n) is 5.05. The van der Waals surface area contributed by atoms with Crippen molar-refractivity contribution < 1.29 is 14.3 Å². The fourth-order valence-electron chi connectivity index (χ4n) is 3.57. The second kappa shape index (κ2) is 6.42. The van der Waals surface area contributed by atoms with Crippen molar-refractivity contribution >= 4 is 22.5 Å². The Kier molecular flexibility index (Phi) is 3.92. The molecule has 0 spiro atoms. The predicted molar refractivity (Wildman–Crippen MR) is 97.0 cm³/mol. The molecule has 1 aromatic carbocycles. The van der Waals surface area contributed by atoms with E-state index in [-0.39, 0.29) is 12.1 Å². The first-order chi connectivity index (χ1) is 12.8. The Bertz CT molecular complexity index is 836. The van der Waals surface area contributed by atoms with Gasteiger partial charge < -0.3 is 14.4 Å². The first-order valence-electron chi connectivity index (χ1n) is 9.08. The summed E-state index contributed by atoms with van der Waals surface area (Å²) in [5.41, 5.74) is 1.08. The lowest BCUT2D eigenvalue weighted by Gasteiger charge is -2.26. The molecule has 2 amide bonds. The lowest BCUT2D eigenvalue weighted by atomic mass is 10.0. The summed E-state index contributed by atoms with van der Waals surface area (Å²) in [6.45, 7) is 1.87. The zero-order chi connectivity index (χ0) is 17.5. The standard InChI is InChI=1S/C18H20N4O3S/c23-18(19-17-21-20-16(26-17)11-3-4-11)22-7-1-2-13(22)12-5-6-14-15(10-12)25-9-8-24-14/h5-6,10-11,13H,1-4,7-9H2,(H,19,21,23). The number of ether oxygens (including phenoxy) is 2. The monoisotopic (exact) mass is 372 g/mol. The zero-order valence-corrected chi connectivity index (χ0v) is 15.1. The minimum absolute atomic E-state index is 0.0432. The molecule has 1 unspecified atom stereocenters. The van der Waals surface area contributed by atoms with Crippen molar-refractivity contribution in [3.63, 3.8) is 0 Å². The maximum Gasteiger partial charge on any atom is 0.324 e. The molecule has 3 heterocycles. The van der Waals surface area contributed by atoms with Crippen LogP contribution in [0, 0.1) is 0 Å². The van der Waals surface area contributed by atoms with Crippen LogP contribution in [0.25, 0.3) is 0 Å². The van der Waals surface area contributed by atoms with Gasteiger partial charge in [-0.1, -0.05) is 17.4 Å². The van der Waals surface area contributed by atoms with Gasteiger partial charge in [0.2, 0.25) is 5.13 Å². The zero-order valence-electron chi connectivity index (χ0n) is 14.3. The highest BCUT2D eigenvalue weighted by Gasteiger charge is 2.32. The Balaban J connectivity index is 1.32. The maximum atomic E-state index is 12.8. The lowest BCUT2D eigenvalue weighted by molar-refractivity contribution is 0.170. The van der Waals surface area contributed by atoms with E-state index in [9.17, 15) is 4.79 Å². The molecule has 7 nitrogen and oxygen atoms in total. The second-order valence-corrected chi connectivity index (χ2v) is 7.91. The topological polar surface area (TPSA) is 76.6 Å². The van der Waals surface area contributed by atoms with E-state index in [1.807, 2.05) is 23.1 Å². The van der Waals surface area contributed by atoms with E-state index < -0.39 is 0 Å². The summed E-state index contributed by atoms with van der Waals surface area (Å²) in [5, 5.41) is 12.9. The van der Waals surface area contributed by atoms with E-state index in [2.05, 4.69) is 15.5 Å². The van der Waals surface area contributed by atoms with Crippen LogP contribution >= 0.6 is 11.3 Å². The summed E-state index contributed by atoms with van der Waals surface area (Å²) in [7, 11) is 0. The van der Waals surface area contributed by atoms with Crippen molar-refractivity contribution in [2.45, 2.75) is 37.6 Å². The lowest BCUT2D eigenvalue weighted by Crippen LogP contribution is -2.34. The number of rotatable bonds is 3. The predicted octanol–water partition coefficient (Wildman–Crippen LogP) is 3.56. The number of amides is 2. The van der Waals surface area contributed by atoms with Crippen LogP contribution in [0.1, 0.15) is 48.2 Å². The average molecular weight is 372 g/mol.